The Morgan fingerprint density at radius 2 is 1.35 bits per heavy atom. The van der Waals surface area contributed by atoms with Crippen molar-refractivity contribution in [2.45, 2.75) is 0 Å². The predicted octanol–water partition coefficient (Wildman–Crippen LogP) is 4.49. The summed E-state index contributed by atoms with van der Waals surface area (Å²) in [6.45, 7) is 0. The molecule has 0 spiro atoms. The first kappa shape index (κ1) is 30.0. The van der Waals surface area contributed by atoms with Crippen LogP contribution in [0.4, 0.5) is 26.3 Å². The fourth-order valence-electron chi connectivity index (χ4n) is 3.00. The number of rotatable bonds is 3. The minimum atomic E-state index is -0.733. The smallest absolute Gasteiger partial charge is 0.414 e. The third kappa shape index (κ3) is 7.74. The first-order chi connectivity index (χ1) is 18.8. The molecule has 0 amide bonds. The predicted molar refractivity (Wildman–Crippen MR) is 124 cm³/mol. The van der Waals surface area contributed by atoms with Crippen LogP contribution in [-0.4, -0.2) is 24.5 Å². The molecule has 0 aliphatic carbocycles. The second kappa shape index (κ2) is 14.0. The van der Waals surface area contributed by atoms with Crippen molar-refractivity contribution in [3.8, 4) is 17.2 Å². The third-order valence-corrected chi connectivity index (χ3v) is 4.65. The van der Waals surface area contributed by atoms with Gasteiger partial charge in [0.15, 0.2) is 17.8 Å². The Balaban J connectivity index is 0.000000163. The minimum Gasteiger partial charge on any atom is -0.414 e. The van der Waals surface area contributed by atoms with Crippen LogP contribution in [0.15, 0.2) is 91.9 Å². The number of pyridine rings is 1. The van der Waals surface area contributed by atoms with E-state index in [-0.39, 0.29) is 37.3 Å². The molecule has 0 saturated carbocycles. The Bertz CT molecular complexity index is 1430. The van der Waals surface area contributed by atoms with E-state index in [1.54, 1.807) is 30.6 Å². The van der Waals surface area contributed by atoms with E-state index in [1.165, 1.54) is 38.8 Å². The van der Waals surface area contributed by atoms with Crippen LogP contribution in [0.3, 0.4) is 0 Å². The molecule has 204 valence electrons. The SMILES string of the molecule is Fc1c[c-]c(-[n+]2ccc[n-]2)c(F)c1.Fc1c[c-]c(-n2cccn2)c(F)c1.Fc1cnc(-n2cccn2)c(F)c1.[Ir+3]. The molecule has 0 N–H and O–H groups in total. The summed E-state index contributed by atoms with van der Waals surface area (Å²) in [6, 6.07) is 14.3. The quantitative estimate of drug-likeness (QED) is 0.153. The molecule has 6 rings (SSSR count). The summed E-state index contributed by atoms with van der Waals surface area (Å²) in [5, 5.41) is 11.4. The van der Waals surface area contributed by atoms with Crippen molar-refractivity contribution < 1.29 is 51.1 Å². The summed E-state index contributed by atoms with van der Waals surface area (Å²) in [7, 11) is 0. The van der Waals surface area contributed by atoms with Crippen molar-refractivity contribution in [1.82, 2.24) is 29.6 Å². The molecule has 40 heavy (non-hydrogen) atoms. The van der Waals surface area contributed by atoms with Gasteiger partial charge in [-0.3, -0.25) is 26.9 Å². The van der Waals surface area contributed by atoms with Gasteiger partial charge in [0.1, 0.15) is 11.5 Å². The van der Waals surface area contributed by atoms with E-state index in [0.717, 1.165) is 36.5 Å². The van der Waals surface area contributed by atoms with E-state index in [1.807, 2.05) is 0 Å². The van der Waals surface area contributed by atoms with Gasteiger partial charge >= 0.3 is 20.1 Å². The van der Waals surface area contributed by atoms with E-state index >= 15 is 0 Å². The van der Waals surface area contributed by atoms with Crippen LogP contribution in [-0.2, 0) is 20.1 Å². The number of benzene rings is 2. The van der Waals surface area contributed by atoms with Crippen molar-refractivity contribution in [3.63, 3.8) is 0 Å². The van der Waals surface area contributed by atoms with Crippen LogP contribution in [0.2, 0.25) is 0 Å². The van der Waals surface area contributed by atoms with Gasteiger partial charge in [-0.25, -0.2) is 18.4 Å². The zero-order chi connectivity index (χ0) is 27.8. The van der Waals surface area contributed by atoms with Gasteiger partial charge in [-0.2, -0.15) is 16.3 Å². The molecular weight excluding hydrogens is 717 g/mol. The standard InChI is InChI=1S/2C9H5F2N2.C8H5F2N3.Ir/c2*10-7-2-3-9(8(11)6-7)13-5-1-4-12-13;9-6-4-7(10)8(11-5-6)13-3-1-2-12-13;/h2*1-2,4-6H;1-5H;/q2*-1;;+3. The number of hydrogen-bond acceptors (Lipinski definition) is 3. The van der Waals surface area contributed by atoms with E-state index in [4.69, 9.17) is 0 Å². The Morgan fingerprint density at radius 3 is 1.90 bits per heavy atom. The Hall–Kier alpha value is -4.55. The molecule has 4 aromatic heterocycles. The molecule has 7 nitrogen and oxygen atoms in total. The van der Waals surface area contributed by atoms with E-state index < -0.39 is 34.9 Å². The molecule has 0 radical (unpaired) electrons. The average molecular weight is 732 g/mol. The summed E-state index contributed by atoms with van der Waals surface area (Å²) < 4.78 is 80.5. The number of nitrogens with zero attached hydrogens (tertiary/aromatic N) is 7. The largest absolute Gasteiger partial charge is 3.00 e. The summed E-state index contributed by atoms with van der Waals surface area (Å²) in [4.78, 5) is 3.57. The number of aromatic nitrogens is 7. The third-order valence-electron chi connectivity index (χ3n) is 4.65. The van der Waals surface area contributed by atoms with Crippen LogP contribution in [0.25, 0.3) is 17.2 Å². The van der Waals surface area contributed by atoms with Gasteiger partial charge in [0.2, 0.25) is 0 Å². The molecular formula is C26H15F6IrN7+. The van der Waals surface area contributed by atoms with Crippen LogP contribution in [0.1, 0.15) is 0 Å². The van der Waals surface area contributed by atoms with E-state index in [0.29, 0.717) is 0 Å². The van der Waals surface area contributed by atoms with Crippen molar-refractivity contribution in [2.24, 2.45) is 0 Å². The van der Waals surface area contributed by atoms with Crippen molar-refractivity contribution in [1.29, 1.82) is 0 Å². The number of hydrogen-bond donors (Lipinski definition) is 0. The molecule has 0 fully saturated rings. The molecule has 14 heteroatoms. The molecule has 0 aliphatic rings. The molecule has 6 aromatic rings. The van der Waals surface area contributed by atoms with E-state index in [2.05, 4.69) is 32.4 Å². The van der Waals surface area contributed by atoms with Crippen molar-refractivity contribution >= 4 is 0 Å². The van der Waals surface area contributed by atoms with Crippen molar-refractivity contribution in [3.05, 3.63) is 139 Å². The first-order valence-corrected chi connectivity index (χ1v) is 10.9. The molecule has 0 unspecified atom stereocenters. The van der Waals surface area contributed by atoms with E-state index in [9.17, 15) is 26.3 Å². The maximum absolute atomic E-state index is 13.1. The molecule has 2 aromatic carbocycles. The van der Waals surface area contributed by atoms with Crippen LogP contribution >= 0.6 is 0 Å². The second-order valence-electron chi connectivity index (χ2n) is 7.34. The topological polar surface area (TPSA) is 66.5 Å². The maximum atomic E-state index is 13.1. The van der Waals surface area contributed by atoms with Crippen LogP contribution < -0.4 is 9.78 Å². The number of halogens is 6. The summed E-state index contributed by atoms with van der Waals surface area (Å²) in [5.74, 6) is -4.09. The summed E-state index contributed by atoms with van der Waals surface area (Å²) in [5.41, 5.74) is 0.234. The fraction of sp³-hybridized carbons (Fsp3) is 0. The van der Waals surface area contributed by atoms with Gasteiger partial charge in [0.25, 0.3) is 0 Å². The van der Waals surface area contributed by atoms with Gasteiger partial charge < -0.3 is 5.10 Å². The molecule has 4 heterocycles. The van der Waals surface area contributed by atoms with Gasteiger partial charge in [0.05, 0.1) is 12.0 Å². The zero-order valence-corrected chi connectivity index (χ0v) is 22.3. The molecule has 0 saturated heterocycles. The molecule has 0 bridgehead atoms. The monoisotopic (exact) mass is 732 g/mol. The van der Waals surface area contributed by atoms with Gasteiger partial charge in [-0.15, -0.1) is 30.5 Å². The molecule has 0 atom stereocenters. The van der Waals surface area contributed by atoms with Crippen molar-refractivity contribution in [2.75, 3.05) is 0 Å². The molecule has 0 aliphatic heterocycles. The zero-order valence-electron chi connectivity index (χ0n) is 19.9. The van der Waals surface area contributed by atoms with Crippen LogP contribution in [0.5, 0.6) is 0 Å². The Kier molecular flexibility index (Phi) is 10.5. The van der Waals surface area contributed by atoms with Crippen LogP contribution in [0, 0.1) is 47.0 Å². The Morgan fingerprint density at radius 1 is 0.725 bits per heavy atom. The second-order valence-corrected chi connectivity index (χ2v) is 7.34. The Labute approximate surface area is 236 Å². The van der Waals surface area contributed by atoms with Gasteiger partial charge in [-0.1, -0.05) is 6.07 Å². The van der Waals surface area contributed by atoms with Gasteiger partial charge in [0, 0.05) is 48.3 Å². The fourth-order valence-corrected chi connectivity index (χ4v) is 3.00. The normalized spacial score (nSPS) is 10.1. The summed E-state index contributed by atoms with van der Waals surface area (Å²) >= 11 is 0. The first-order valence-electron chi connectivity index (χ1n) is 10.9. The van der Waals surface area contributed by atoms with Gasteiger partial charge in [-0.05, 0) is 23.9 Å². The average Bonchev–Trinajstić information content (AvgIpc) is 3.69. The summed E-state index contributed by atoms with van der Waals surface area (Å²) in [6.07, 6.45) is 10.1. The minimum absolute atomic E-state index is 0. The maximum Gasteiger partial charge on any atom is 3.00 e.